The number of methoxy groups -OCH3 is 1. The average Bonchev–Trinajstić information content (AvgIpc) is 3.29. The standard InChI is InChI=1S/C26H21BrCl3NO2/c1-32-23-10-15(9-21(27)26(23)33-13-14-5-7-16(28)8-6-14)24-19-4-2-3-18(19)20-11-17(29)12-22(30)25(20)31-24/h2-3,5-12,18-19,24,31H,4,13H2,1H3/t18-,19+,24+/m1/s1. The number of anilines is 1. The minimum atomic E-state index is 0.0618. The predicted molar refractivity (Wildman–Crippen MR) is 139 cm³/mol. The third-order valence-corrected chi connectivity index (χ3v) is 7.65. The Bertz CT molecular complexity index is 1230. The van der Waals surface area contributed by atoms with Crippen molar-refractivity contribution in [3.05, 3.63) is 96.9 Å². The van der Waals surface area contributed by atoms with Gasteiger partial charge in [-0.25, -0.2) is 0 Å². The highest BCUT2D eigenvalue weighted by molar-refractivity contribution is 9.10. The molecule has 0 saturated heterocycles. The van der Waals surface area contributed by atoms with Gasteiger partial charge in [0.05, 0.1) is 28.3 Å². The molecule has 1 N–H and O–H groups in total. The molecule has 1 heterocycles. The lowest BCUT2D eigenvalue weighted by Crippen LogP contribution is -2.29. The lowest BCUT2D eigenvalue weighted by atomic mass is 9.77. The van der Waals surface area contributed by atoms with Crippen molar-refractivity contribution in [2.45, 2.75) is 25.0 Å². The Hall–Kier alpha value is -1.85. The molecule has 5 rings (SSSR count). The highest BCUT2D eigenvalue weighted by atomic mass is 79.9. The van der Waals surface area contributed by atoms with E-state index in [0.717, 1.165) is 33.3 Å². The molecule has 3 atom stereocenters. The fraction of sp³-hybridized carbons (Fsp3) is 0.231. The third-order valence-electron chi connectivity index (χ3n) is 6.29. The van der Waals surface area contributed by atoms with Crippen molar-refractivity contribution in [1.29, 1.82) is 0 Å². The molecule has 0 saturated carbocycles. The number of fused-ring (bicyclic) bond motifs is 3. The molecule has 0 aromatic heterocycles. The highest BCUT2D eigenvalue weighted by Gasteiger charge is 2.39. The van der Waals surface area contributed by atoms with Gasteiger partial charge in [-0.05, 0) is 81.4 Å². The van der Waals surface area contributed by atoms with Crippen LogP contribution >= 0.6 is 50.7 Å². The van der Waals surface area contributed by atoms with E-state index in [-0.39, 0.29) is 12.0 Å². The van der Waals surface area contributed by atoms with E-state index in [1.807, 2.05) is 36.4 Å². The number of halogens is 4. The van der Waals surface area contributed by atoms with Gasteiger partial charge >= 0.3 is 0 Å². The Morgan fingerprint density at radius 2 is 1.82 bits per heavy atom. The topological polar surface area (TPSA) is 30.5 Å². The zero-order valence-electron chi connectivity index (χ0n) is 17.7. The summed E-state index contributed by atoms with van der Waals surface area (Å²) in [6.45, 7) is 0.408. The van der Waals surface area contributed by atoms with Crippen LogP contribution in [0.2, 0.25) is 15.1 Å². The minimum absolute atomic E-state index is 0.0618. The van der Waals surface area contributed by atoms with Crippen LogP contribution < -0.4 is 14.8 Å². The summed E-state index contributed by atoms with van der Waals surface area (Å²) in [5, 5.41) is 5.67. The van der Waals surface area contributed by atoms with Gasteiger partial charge in [-0.3, -0.25) is 0 Å². The Morgan fingerprint density at radius 3 is 2.58 bits per heavy atom. The first-order valence-electron chi connectivity index (χ1n) is 10.6. The molecular formula is C26H21BrCl3NO2. The van der Waals surface area contributed by atoms with Crippen LogP contribution in [0.25, 0.3) is 0 Å². The normalized spacial score (nSPS) is 20.7. The molecule has 0 unspecified atom stereocenters. The summed E-state index contributed by atoms with van der Waals surface area (Å²) in [6, 6.07) is 15.6. The van der Waals surface area contributed by atoms with Crippen molar-refractivity contribution in [1.82, 2.24) is 0 Å². The summed E-state index contributed by atoms with van der Waals surface area (Å²) in [4.78, 5) is 0. The van der Waals surface area contributed by atoms with Crippen LogP contribution in [0.5, 0.6) is 11.5 Å². The van der Waals surface area contributed by atoms with Crippen LogP contribution in [0, 0.1) is 5.92 Å². The number of allylic oxidation sites excluding steroid dienone is 2. The first-order valence-corrected chi connectivity index (χ1v) is 12.5. The van der Waals surface area contributed by atoms with Gasteiger partial charge in [0, 0.05) is 16.0 Å². The van der Waals surface area contributed by atoms with Crippen molar-refractivity contribution < 1.29 is 9.47 Å². The largest absolute Gasteiger partial charge is 0.493 e. The third kappa shape index (κ3) is 4.46. The molecule has 2 aliphatic rings. The number of hydrogen-bond acceptors (Lipinski definition) is 3. The molecule has 0 bridgehead atoms. The molecule has 7 heteroatoms. The van der Waals surface area contributed by atoms with Gasteiger partial charge in [0.15, 0.2) is 11.5 Å². The molecule has 0 radical (unpaired) electrons. The first kappa shape index (κ1) is 22.9. The molecule has 3 aromatic rings. The molecule has 170 valence electrons. The van der Waals surface area contributed by atoms with Crippen molar-refractivity contribution in [3.8, 4) is 11.5 Å². The zero-order chi connectivity index (χ0) is 23.1. The summed E-state index contributed by atoms with van der Waals surface area (Å²) in [5.41, 5.74) is 4.22. The quantitative estimate of drug-likeness (QED) is 0.314. The Kier molecular flexibility index (Phi) is 6.54. The number of hydrogen-bond donors (Lipinski definition) is 1. The van der Waals surface area contributed by atoms with Crippen molar-refractivity contribution in [2.75, 3.05) is 12.4 Å². The molecule has 0 fully saturated rings. The van der Waals surface area contributed by atoms with Crippen LogP contribution in [0.1, 0.15) is 35.1 Å². The van der Waals surface area contributed by atoms with Gasteiger partial charge in [-0.1, -0.05) is 59.1 Å². The monoisotopic (exact) mass is 563 g/mol. The maximum atomic E-state index is 6.58. The smallest absolute Gasteiger partial charge is 0.175 e. The number of rotatable bonds is 5. The van der Waals surface area contributed by atoms with Gasteiger partial charge in [0.25, 0.3) is 0 Å². The van der Waals surface area contributed by atoms with Gasteiger partial charge < -0.3 is 14.8 Å². The van der Waals surface area contributed by atoms with Crippen LogP contribution in [0.15, 0.2) is 65.2 Å². The zero-order valence-corrected chi connectivity index (χ0v) is 21.6. The van der Waals surface area contributed by atoms with Crippen LogP contribution in [0.4, 0.5) is 5.69 Å². The SMILES string of the molecule is COc1cc([C@@H]2Nc3c(Cl)cc(Cl)cc3[C@@H]3C=CC[C@@H]32)cc(Br)c1OCc1ccc(Cl)cc1. The van der Waals surface area contributed by atoms with E-state index < -0.39 is 0 Å². The molecule has 1 aliphatic heterocycles. The predicted octanol–water partition coefficient (Wildman–Crippen LogP) is 8.82. The van der Waals surface area contributed by atoms with Gasteiger partial charge in [-0.2, -0.15) is 0 Å². The lowest BCUT2D eigenvalue weighted by Gasteiger charge is -2.38. The molecule has 0 spiro atoms. The molecule has 33 heavy (non-hydrogen) atoms. The van der Waals surface area contributed by atoms with Gasteiger partial charge in [0.1, 0.15) is 6.61 Å². The lowest BCUT2D eigenvalue weighted by molar-refractivity contribution is 0.282. The second kappa shape index (κ2) is 9.42. The average molecular weight is 566 g/mol. The summed E-state index contributed by atoms with van der Waals surface area (Å²) < 4.78 is 12.7. The minimum Gasteiger partial charge on any atom is -0.493 e. The molecule has 3 nitrogen and oxygen atoms in total. The highest BCUT2D eigenvalue weighted by Crippen LogP contribution is 2.53. The summed E-state index contributed by atoms with van der Waals surface area (Å²) >= 11 is 22.6. The maximum absolute atomic E-state index is 6.58. The van der Waals surface area contributed by atoms with E-state index in [2.05, 4.69) is 39.5 Å². The van der Waals surface area contributed by atoms with E-state index >= 15 is 0 Å². The van der Waals surface area contributed by atoms with Crippen molar-refractivity contribution in [3.63, 3.8) is 0 Å². The summed E-state index contributed by atoms with van der Waals surface area (Å²) in [6.07, 6.45) is 5.48. The summed E-state index contributed by atoms with van der Waals surface area (Å²) in [5.74, 6) is 1.95. The number of benzene rings is 3. The van der Waals surface area contributed by atoms with E-state index in [4.69, 9.17) is 44.3 Å². The van der Waals surface area contributed by atoms with Gasteiger partial charge in [0.2, 0.25) is 0 Å². The Balaban J connectivity index is 1.47. The van der Waals surface area contributed by atoms with Crippen LogP contribution in [0.3, 0.4) is 0 Å². The van der Waals surface area contributed by atoms with Crippen molar-refractivity contribution >= 4 is 56.4 Å². The van der Waals surface area contributed by atoms with E-state index in [1.54, 1.807) is 13.2 Å². The van der Waals surface area contributed by atoms with Gasteiger partial charge in [-0.15, -0.1) is 0 Å². The fourth-order valence-corrected chi connectivity index (χ4v) is 6.01. The molecular weight excluding hydrogens is 545 g/mol. The van der Waals surface area contributed by atoms with E-state index in [0.29, 0.717) is 39.1 Å². The molecule has 3 aromatic carbocycles. The van der Waals surface area contributed by atoms with Crippen LogP contribution in [-0.2, 0) is 6.61 Å². The number of nitrogens with one attached hydrogen (secondary N) is 1. The summed E-state index contributed by atoms with van der Waals surface area (Å²) in [7, 11) is 1.66. The Morgan fingerprint density at radius 1 is 1.03 bits per heavy atom. The van der Waals surface area contributed by atoms with Crippen molar-refractivity contribution in [2.24, 2.45) is 5.92 Å². The fourth-order valence-electron chi connectivity index (χ4n) is 4.75. The second-order valence-corrected chi connectivity index (χ2v) is 10.4. The number of ether oxygens (including phenoxy) is 2. The maximum Gasteiger partial charge on any atom is 0.175 e. The molecule has 0 amide bonds. The molecule has 1 aliphatic carbocycles. The van der Waals surface area contributed by atoms with E-state index in [1.165, 1.54) is 0 Å². The second-order valence-electron chi connectivity index (χ2n) is 8.28. The Labute approximate surface area is 216 Å². The van der Waals surface area contributed by atoms with E-state index in [9.17, 15) is 0 Å². The van der Waals surface area contributed by atoms with Crippen LogP contribution in [-0.4, -0.2) is 7.11 Å². The first-order chi connectivity index (χ1) is 15.9.